The van der Waals surface area contributed by atoms with E-state index in [9.17, 15) is 4.57 Å². The fourth-order valence-electron chi connectivity index (χ4n) is 4.84. The number of aromatic nitrogens is 4. The number of hydrogen-bond acceptors (Lipinski definition) is 10. The Bertz CT molecular complexity index is 1000. The molecule has 2 heterocycles. The van der Waals surface area contributed by atoms with Gasteiger partial charge in [-0.3, -0.25) is 4.57 Å². The smallest absolute Gasteiger partial charge is 0.356 e. The van der Waals surface area contributed by atoms with Crippen LogP contribution in [-0.4, -0.2) is 57.2 Å². The van der Waals surface area contributed by atoms with Gasteiger partial charge in [0.05, 0.1) is 32.2 Å². The molecule has 1 unspecified atom stereocenters. The lowest BCUT2D eigenvalue weighted by atomic mass is 10.0. The van der Waals surface area contributed by atoms with Crippen molar-refractivity contribution in [3.8, 4) is 0 Å². The Labute approximate surface area is 262 Å². The number of hydrogen-bond donors (Lipinski definition) is 1. The van der Waals surface area contributed by atoms with Crippen molar-refractivity contribution in [3.05, 3.63) is 12.7 Å². The monoisotopic (exact) mass is 645 g/mol. The molecule has 0 saturated carbocycles. The van der Waals surface area contributed by atoms with Gasteiger partial charge >= 0.3 is 7.60 Å². The van der Waals surface area contributed by atoms with Gasteiger partial charge in [0, 0.05) is 5.75 Å². The molecule has 0 aliphatic rings. The highest BCUT2D eigenvalue weighted by molar-refractivity contribution is 8.76. The molecule has 0 aromatic carbocycles. The second-order valence-corrected chi connectivity index (χ2v) is 15.7. The first-order chi connectivity index (χ1) is 20.5. The molecule has 2 aromatic rings. The van der Waals surface area contributed by atoms with E-state index in [0.717, 1.165) is 18.6 Å². The summed E-state index contributed by atoms with van der Waals surface area (Å²) in [6.07, 6.45) is 25.8. The van der Waals surface area contributed by atoms with Crippen molar-refractivity contribution < 1.29 is 18.3 Å². The quantitative estimate of drug-likeness (QED) is 0.0545. The van der Waals surface area contributed by atoms with Crippen LogP contribution in [-0.2, 0) is 24.9 Å². The maximum atomic E-state index is 13.5. The molecule has 42 heavy (non-hydrogen) atoms. The van der Waals surface area contributed by atoms with Crippen molar-refractivity contribution in [2.45, 2.75) is 129 Å². The molecule has 0 aliphatic heterocycles. The van der Waals surface area contributed by atoms with Crippen molar-refractivity contribution >= 4 is 46.2 Å². The van der Waals surface area contributed by atoms with E-state index in [2.05, 4.69) is 21.9 Å². The molecule has 242 valence electrons. The predicted octanol–water partition coefficient (Wildman–Crippen LogP) is 9.27. The third-order valence-electron chi connectivity index (χ3n) is 7.26. The van der Waals surface area contributed by atoms with Crippen LogP contribution in [0.1, 0.15) is 117 Å². The SMILES string of the molecule is CCCCCCCCCCCCCCCCCCOP(=O)(CO[C@H](C)Cn1cnc2c(N)ncnc21)OCCSSC. The van der Waals surface area contributed by atoms with E-state index in [1.54, 1.807) is 27.9 Å². The highest BCUT2D eigenvalue weighted by Crippen LogP contribution is 2.48. The lowest BCUT2D eigenvalue weighted by Gasteiger charge is -2.21. The van der Waals surface area contributed by atoms with Gasteiger partial charge in [-0.15, -0.1) is 0 Å². The Morgan fingerprint density at radius 1 is 0.857 bits per heavy atom. The Kier molecular flexibility index (Phi) is 20.9. The van der Waals surface area contributed by atoms with Gasteiger partial charge in [0.1, 0.15) is 18.2 Å². The average molecular weight is 646 g/mol. The second kappa shape index (κ2) is 23.5. The number of nitrogen functional groups attached to an aromatic ring is 1. The summed E-state index contributed by atoms with van der Waals surface area (Å²) in [5.74, 6) is 1.08. The number of nitrogens with two attached hydrogens (primary N) is 1. The molecule has 0 fully saturated rings. The summed E-state index contributed by atoms with van der Waals surface area (Å²) in [5, 5.41) is 0. The van der Waals surface area contributed by atoms with Gasteiger partial charge in [-0.25, -0.2) is 15.0 Å². The number of anilines is 1. The van der Waals surface area contributed by atoms with Crippen LogP contribution >= 0.6 is 29.2 Å². The molecule has 0 amide bonds. The summed E-state index contributed by atoms with van der Waals surface area (Å²) in [7, 11) is -0.0320. The molecule has 2 atom stereocenters. The maximum Gasteiger partial charge on any atom is 0.356 e. The zero-order chi connectivity index (χ0) is 30.3. The minimum Gasteiger partial charge on any atom is -0.382 e. The Hall–Kier alpha value is -0.840. The first-order valence-electron chi connectivity index (χ1n) is 16.1. The number of fused-ring (bicyclic) bond motifs is 1. The number of unbranched alkanes of at least 4 members (excludes halogenated alkanes) is 15. The van der Waals surface area contributed by atoms with Crippen LogP contribution in [0.4, 0.5) is 5.82 Å². The first-order valence-corrected chi connectivity index (χ1v) is 20.5. The summed E-state index contributed by atoms with van der Waals surface area (Å²) >= 11 is 0. The van der Waals surface area contributed by atoms with Crippen molar-refractivity contribution in [3.63, 3.8) is 0 Å². The van der Waals surface area contributed by atoms with Crippen molar-refractivity contribution in [1.29, 1.82) is 0 Å². The zero-order valence-corrected chi connectivity index (χ0v) is 28.9. The van der Waals surface area contributed by atoms with Gasteiger partial charge in [-0.2, -0.15) is 0 Å². The largest absolute Gasteiger partial charge is 0.382 e. The van der Waals surface area contributed by atoms with Crippen LogP contribution < -0.4 is 5.73 Å². The van der Waals surface area contributed by atoms with Crippen molar-refractivity contribution in [1.82, 2.24) is 19.5 Å². The lowest BCUT2D eigenvalue weighted by molar-refractivity contribution is 0.0663. The minimum atomic E-state index is -3.36. The normalized spacial score (nSPS) is 14.0. The molecule has 0 aliphatic carbocycles. The van der Waals surface area contributed by atoms with Crippen LogP contribution in [0, 0.1) is 0 Å². The second-order valence-electron chi connectivity index (χ2n) is 11.0. The number of nitrogens with zero attached hydrogens (tertiary/aromatic N) is 4. The van der Waals surface area contributed by atoms with Gasteiger partial charge in [-0.1, -0.05) is 125 Å². The van der Waals surface area contributed by atoms with Gasteiger partial charge in [0.15, 0.2) is 11.5 Å². The van der Waals surface area contributed by atoms with E-state index in [4.69, 9.17) is 19.5 Å². The molecule has 12 heteroatoms. The highest BCUT2D eigenvalue weighted by atomic mass is 33.1. The molecule has 2 N–H and O–H groups in total. The van der Waals surface area contributed by atoms with E-state index < -0.39 is 7.60 Å². The molecule has 2 rings (SSSR count). The van der Waals surface area contributed by atoms with Gasteiger partial charge in [0.2, 0.25) is 0 Å². The fraction of sp³-hybridized carbons (Fsp3) is 0.833. The fourth-order valence-corrected chi connectivity index (χ4v) is 7.42. The summed E-state index contributed by atoms with van der Waals surface area (Å²) < 4.78 is 32.9. The third-order valence-corrected chi connectivity index (χ3v) is 10.7. The van der Waals surface area contributed by atoms with Crippen LogP contribution in [0.15, 0.2) is 12.7 Å². The summed E-state index contributed by atoms with van der Waals surface area (Å²) in [6, 6.07) is 0. The molecule has 2 aromatic heterocycles. The van der Waals surface area contributed by atoms with Gasteiger partial charge in [0.25, 0.3) is 0 Å². The maximum absolute atomic E-state index is 13.5. The Balaban J connectivity index is 1.58. The molecule has 0 saturated heterocycles. The standard InChI is InChI=1S/C30H56N5O4PS2/c1-4-5-6-7-8-9-10-11-12-13-14-15-16-17-18-19-20-38-40(36,39-21-22-42-41-3)26-37-27(2)23-35-25-34-28-29(31)32-24-33-30(28)35/h24-25,27H,4-23,26H2,1-3H3,(H2,31,32,33)/t27-,40?/m1/s1. The van der Waals surface area contributed by atoms with Crippen molar-refractivity contribution in [2.75, 3.05) is 37.3 Å². The van der Waals surface area contributed by atoms with E-state index in [1.807, 2.05) is 17.7 Å². The highest BCUT2D eigenvalue weighted by Gasteiger charge is 2.26. The molecular formula is C30H56N5O4PS2. The van der Waals surface area contributed by atoms with E-state index in [-0.39, 0.29) is 12.5 Å². The molecule has 9 nitrogen and oxygen atoms in total. The van der Waals surface area contributed by atoms with Crippen LogP contribution in [0.3, 0.4) is 0 Å². The van der Waals surface area contributed by atoms with E-state index >= 15 is 0 Å². The van der Waals surface area contributed by atoms with Crippen molar-refractivity contribution in [2.24, 2.45) is 0 Å². The topological polar surface area (TPSA) is 114 Å². The predicted molar refractivity (Wildman–Crippen MR) is 180 cm³/mol. The van der Waals surface area contributed by atoms with Crippen LogP contribution in [0.25, 0.3) is 11.2 Å². The Morgan fingerprint density at radius 3 is 2.02 bits per heavy atom. The van der Waals surface area contributed by atoms with E-state index in [0.29, 0.717) is 36.7 Å². The van der Waals surface area contributed by atoms with Gasteiger partial charge < -0.3 is 24.1 Å². The summed E-state index contributed by atoms with van der Waals surface area (Å²) in [6.45, 7) is 5.46. The van der Waals surface area contributed by atoms with E-state index in [1.165, 1.54) is 96.2 Å². The molecule has 0 spiro atoms. The lowest BCUT2D eigenvalue weighted by Crippen LogP contribution is -2.18. The number of ether oxygens (including phenoxy) is 1. The number of rotatable bonds is 28. The zero-order valence-electron chi connectivity index (χ0n) is 26.3. The molecule has 0 radical (unpaired) electrons. The minimum absolute atomic E-state index is 0.0826. The average Bonchev–Trinajstić information content (AvgIpc) is 3.40. The summed E-state index contributed by atoms with van der Waals surface area (Å²) in [4.78, 5) is 12.6. The number of imidazole rings is 1. The van der Waals surface area contributed by atoms with Crippen LogP contribution in [0.5, 0.6) is 0 Å². The van der Waals surface area contributed by atoms with Crippen LogP contribution in [0.2, 0.25) is 0 Å². The summed E-state index contributed by atoms with van der Waals surface area (Å²) in [5.41, 5.74) is 7.10. The molecular weight excluding hydrogens is 589 g/mol. The van der Waals surface area contributed by atoms with Gasteiger partial charge in [-0.05, 0) is 19.6 Å². The third kappa shape index (κ3) is 16.3. The molecule has 0 bridgehead atoms. The Morgan fingerprint density at radius 2 is 1.43 bits per heavy atom. The first kappa shape index (κ1) is 37.3.